The summed E-state index contributed by atoms with van der Waals surface area (Å²) in [5.74, 6) is 0.139. The van der Waals surface area contributed by atoms with Crippen molar-refractivity contribution in [2.75, 3.05) is 10.6 Å². The zero-order chi connectivity index (χ0) is 21.3. The number of nitrogens with one attached hydrogen (secondary N) is 3. The van der Waals surface area contributed by atoms with Crippen LogP contribution in [-0.4, -0.2) is 41.9 Å². The third-order valence-electron chi connectivity index (χ3n) is 4.66. The van der Waals surface area contributed by atoms with Gasteiger partial charge in [-0.3, -0.25) is 9.78 Å². The second kappa shape index (κ2) is 7.82. The molecule has 4 heterocycles. The van der Waals surface area contributed by atoms with Crippen LogP contribution in [0.3, 0.4) is 0 Å². The summed E-state index contributed by atoms with van der Waals surface area (Å²) in [6.45, 7) is 4.09. The fraction of sp³-hybridized carbons (Fsp3) is 0.250. The number of rotatable bonds is 6. The molecule has 0 amide bonds. The quantitative estimate of drug-likeness (QED) is 0.487. The number of aryl methyl sites for hydroxylation is 1. The van der Waals surface area contributed by atoms with Crippen LogP contribution in [0, 0.1) is 0 Å². The molecule has 30 heavy (non-hydrogen) atoms. The fourth-order valence-electron chi connectivity index (χ4n) is 3.19. The molecule has 0 saturated carbocycles. The molecule has 4 rings (SSSR count). The normalized spacial score (nSPS) is 15.9. The SMILES string of the molecule is CC1=CNC(C)C(Nc2nn(C)c3nc(Nc4cncc(CC(=O)O)c4)ncc23)=C1. The largest absolute Gasteiger partial charge is 0.481 e. The average molecular weight is 406 g/mol. The first-order valence-electron chi connectivity index (χ1n) is 9.43. The number of pyridine rings is 1. The molecular weight excluding hydrogens is 384 g/mol. The van der Waals surface area contributed by atoms with Crippen LogP contribution in [0.15, 0.2) is 48.2 Å². The highest BCUT2D eigenvalue weighted by molar-refractivity contribution is 5.88. The molecule has 3 aromatic heterocycles. The van der Waals surface area contributed by atoms with Gasteiger partial charge in [-0.15, -0.1) is 0 Å². The Kier molecular flexibility index (Phi) is 5.05. The van der Waals surface area contributed by atoms with Crippen molar-refractivity contribution in [3.05, 3.63) is 53.8 Å². The van der Waals surface area contributed by atoms with Gasteiger partial charge in [-0.2, -0.15) is 10.1 Å². The lowest BCUT2D eigenvalue weighted by Crippen LogP contribution is -2.29. The van der Waals surface area contributed by atoms with E-state index in [1.54, 1.807) is 23.1 Å². The van der Waals surface area contributed by atoms with Gasteiger partial charge >= 0.3 is 5.97 Å². The molecule has 10 nitrogen and oxygen atoms in total. The topological polar surface area (TPSA) is 130 Å². The van der Waals surface area contributed by atoms with Crippen LogP contribution in [0.25, 0.3) is 11.0 Å². The number of anilines is 3. The number of fused-ring (bicyclic) bond motifs is 1. The lowest BCUT2D eigenvalue weighted by molar-refractivity contribution is -0.136. The van der Waals surface area contributed by atoms with Crippen molar-refractivity contribution >= 4 is 34.5 Å². The molecule has 1 unspecified atom stereocenters. The second-order valence-corrected chi connectivity index (χ2v) is 7.18. The molecule has 1 atom stereocenters. The van der Waals surface area contributed by atoms with Crippen molar-refractivity contribution in [2.24, 2.45) is 7.05 Å². The van der Waals surface area contributed by atoms with E-state index < -0.39 is 5.97 Å². The molecule has 10 heteroatoms. The molecule has 0 saturated heterocycles. The van der Waals surface area contributed by atoms with Gasteiger partial charge in [0.25, 0.3) is 0 Å². The van der Waals surface area contributed by atoms with Crippen LogP contribution >= 0.6 is 0 Å². The first-order chi connectivity index (χ1) is 14.4. The van der Waals surface area contributed by atoms with Gasteiger partial charge < -0.3 is 21.1 Å². The lowest BCUT2D eigenvalue weighted by atomic mass is 10.1. The molecule has 0 fully saturated rings. The van der Waals surface area contributed by atoms with Crippen molar-refractivity contribution in [1.82, 2.24) is 30.0 Å². The zero-order valence-electron chi connectivity index (χ0n) is 16.8. The van der Waals surface area contributed by atoms with Crippen molar-refractivity contribution in [3.8, 4) is 0 Å². The van der Waals surface area contributed by atoms with E-state index in [2.05, 4.69) is 49.0 Å². The van der Waals surface area contributed by atoms with Crippen LogP contribution in [0.4, 0.5) is 17.5 Å². The third kappa shape index (κ3) is 4.07. The summed E-state index contributed by atoms with van der Waals surface area (Å²) in [4.78, 5) is 23.9. The Morgan fingerprint density at radius 2 is 2.13 bits per heavy atom. The Morgan fingerprint density at radius 1 is 1.30 bits per heavy atom. The van der Waals surface area contributed by atoms with E-state index in [1.165, 1.54) is 6.20 Å². The maximum absolute atomic E-state index is 10.9. The minimum absolute atomic E-state index is 0.100. The number of hydrogen-bond acceptors (Lipinski definition) is 8. The Labute approximate surface area is 172 Å². The minimum Gasteiger partial charge on any atom is -0.481 e. The molecule has 1 aliphatic heterocycles. The van der Waals surface area contributed by atoms with E-state index in [-0.39, 0.29) is 12.5 Å². The van der Waals surface area contributed by atoms with E-state index in [1.807, 2.05) is 20.2 Å². The smallest absolute Gasteiger partial charge is 0.307 e. The second-order valence-electron chi connectivity index (χ2n) is 7.18. The lowest BCUT2D eigenvalue weighted by Gasteiger charge is -2.21. The van der Waals surface area contributed by atoms with E-state index >= 15 is 0 Å². The number of allylic oxidation sites excluding steroid dienone is 2. The fourth-order valence-corrected chi connectivity index (χ4v) is 3.19. The number of carbonyl (C=O) groups is 1. The van der Waals surface area contributed by atoms with Gasteiger partial charge in [0.1, 0.15) is 0 Å². The molecule has 0 aromatic carbocycles. The predicted octanol–water partition coefficient (Wildman–Crippen LogP) is 2.32. The molecule has 154 valence electrons. The number of aliphatic carboxylic acids is 1. The van der Waals surface area contributed by atoms with Crippen LogP contribution in [0.5, 0.6) is 0 Å². The maximum atomic E-state index is 10.9. The highest BCUT2D eigenvalue weighted by Crippen LogP contribution is 2.25. The van der Waals surface area contributed by atoms with Crippen LogP contribution in [0.2, 0.25) is 0 Å². The van der Waals surface area contributed by atoms with Crippen molar-refractivity contribution in [2.45, 2.75) is 26.3 Å². The van der Waals surface area contributed by atoms with Gasteiger partial charge in [0.2, 0.25) is 5.95 Å². The number of aromatic nitrogens is 5. The van der Waals surface area contributed by atoms with Crippen LogP contribution in [-0.2, 0) is 18.3 Å². The molecular formula is C20H22N8O2. The summed E-state index contributed by atoms with van der Waals surface area (Å²) in [6, 6.07) is 1.85. The number of dihydropyridines is 1. The van der Waals surface area contributed by atoms with E-state index in [0.717, 1.165) is 16.7 Å². The number of carboxylic acid groups (broad SMARTS) is 1. The monoisotopic (exact) mass is 406 g/mol. The molecule has 4 N–H and O–H groups in total. The number of carboxylic acids is 1. The van der Waals surface area contributed by atoms with Crippen LogP contribution < -0.4 is 16.0 Å². The predicted molar refractivity (Wildman–Crippen MR) is 113 cm³/mol. The van der Waals surface area contributed by atoms with E-state index in [4.69, 9.17) is 5.11 Å². The first-order valence-corrected chi connectivity index (χ1v) is 9.43. The Morgan fingerprint density at radius 3 is 2.93 bits per heavy atom. The van der Waals surface area contributed by atoms with Crippen LogP contribution in [0.1, 0.15) is 19.4 Å². The highest BCUT2D eigenvalue weighted by Gasteiger charge is 2.17. The zero-order valence-corrected chi connectivity index (χ0v) is 16.8. The van der Waals surface area contributed by atoms with Gasteiger partial charge in [0.15, 0.2) is 11.5 Å². The van der Waals surface area contributed by atoms with Gasteiger partial charge in [-0.1, -0.05) is 0 Å². The maximum Gasteiger partial charge on any atom is 0.307 e. The molecule has 0 spiro atoms. The average Bonchev–Trinajstić information content (AvgIpc) is 2.99. The summed E-state index contributed by atoms with van der Waals surface area (Å²) >= 11 is 0. The molecule has 0 bridgehead atoms. The molecule has 3 aromatic rings. The Hall–Kier alpha value is -3.95. The Balaban J connectivity index is 1.59. The highest BCUT2D eigenvalue weighted by atomic mass is 16.4. The van der Waals surface area contributed by atoms with Crippen molar-refractivity contribution in [1.29, 1.82) is 0 Å². The summed E-state index contributed by atoms with van der Waals surface area (Å²) in [6.07, 6.45) is 8.78. The number of nitrogens with zero attached hydrogens (tertiary/aromatic N) is 5. The molecule has 0 aliphatic carbocycles. The van der Waals surface area contributed by atoms with Crippen molar-refractivity contribution in [3.63, 3.8) is 0 Å². The molecule has 1 aliphatic rings. The summed E-state index contributed by atoms with van der Waals surface area (Å²) in [5, 5.41) is 24.0. The van der Waals surface area contributed by atoms with Gasteiger partial charge in [0.05, 0.1) is 29.7 Å². The van der Waals surface area contributed by atoms with Gasteiger partial charge in [-0.25, -0.2) is 9.67 Å². The van der Waals surface area contributed by atoms with E-state index in [9.17, 15) is 4.79 Å². The summed E-state index contributed by atoms with van der Waals surface area (Å²) < 4.78 is 1.69. The minimum atomic E-state index is -0.912. The summed E-state index contributed by atoms with van der Waals surface area (Å²) in [7, 11) is 1.82. The number of hydrogen-bond donors (Lipinski definition) is 4. The first kappa shape index (κ1) is 19.4. The van der Waals surface area contributed by atoms with Gasteiger partial charge in [0, 0.05) is 25.1 Å². The summed E-state index contributed by atoms with van der Waals surface area (Å²) in [5.41, 5.74) is 4.00. The Bertz CT molecular complexity index is 1180. The molecule has 0 radical (unpaired) electrons. The van der Waals surface area contributed by atoms with E-state index in [0.29, 0.717) is 28.7 Å². The van der Waals surface area contributed by atoms with Crippen molar-refractivity contribution < 1.29 is 9.90 Å². The third-order valence-corrected chi connectivity index (χ3v) is 4.66. The van der Waals surface area contributed by atoms with Gasteiger partial charge in [-0.05, 0) is 43.3 Å². The standard InChI is InChI=1S/C20H22N8O2/c1-11-4-16(12(2)22-7-11)25-18-15-10-23-20(26-19(15)28(3)27-18)24-14-5-13(6-17(29)30)8-21-9-14/h4-5,7-10,12,22H,6H2,1-3H3,(H,25,27)(H,29,30)(H,23,24,26).